The molecule has 1 aliphatic rings. The van der Waals surface area contributed by atoms with Crippen LogP contribution in [0.2, 0.25) is 0 Å². The summed E-state index contributed by atoms with van der Waals surface area (Å²) in [5, 5.41) is 0. The van der Waals surface area contributed by atoms with Gasteiger partial charge in [0.15, 0.2) is 0 Å². The van der Waals surface area contributed by atoms with Crippen LogP contribution in [0.1, 0.15) is 44.7 Å². The van der Waals surface area contributed by atoms with Gasteiger partial charge in [-0.3, -0.25) is 4.79 Å². The average molecular weight is 409 g/mol. The van der Waals surface area contributed by atoms with E-state index in [4.69, 9.17) is 4.74 Å². The van der Waals surface area contributed by atoms with Crippen LogP contribution in [-0.4, -0.2) is 49.0 Å². The fourth-order valence-corrected chi connectivity index (χ4v) is 4.97. The Morgan fingerprint density at radius 1 is 1.13 bits per heavy atom. The van der Waals surface area contributed by atoms with E-state index in [0.717, 1.165) is 37.2 Å². The Kier molecular flexibility index (Phi) is 7.19. The van der Waals surface area contributed by atoms with Gasteiger partial charge in [-0.1, -0.05) is 49.4 Å². The maximum atomic E-state index is 12.5. The molecule has 1 saturated heterocycles. The van der Waals surface area contributed by atoms with Crippen molar-refractivity contribution in [3.63, 3.8) is 0 Å². The second kappa shape index (κ2) is 9.65. The minimum absolute atomic E-state index is 0.0841. The highest BCUT2D eigenvalue weighted by atomic mass is 16.5. The molecule has 3 rings (SSSR count). The predicted molar refractivity (Wildman–Crippen MR) is 123 cm³/mol. The van der Waals surface area contributed by atoms with Gasteiger partial charge in [0.1, 0.15) is 5.75 Å². The number of hydrogen-bond acceptors (Lipinski definition) is 3. The van der Waals surface area contributed by atoms with Crippen LogP contribution in [0.15, 0.2) is 54.6 Å². The quantitative estimate of drug-likeness (QED) is 0.664. The molecule has 162 valence electrons. The Bertz CT molecular complexity index is 821. The number of carbonyl (C=O) groups is 1. The number of carbonyl (C=O) groups excluding carboxylic acids is 1. The van der Waals surface area contributed by atoms with Crippen molar-refractivity contribution in [1.82, 2.24) is 9.80 Å². The van der Waals surface area contributed by atoms with Crippen LogP contribution in [0.25, 0.3) is 0 Å². The summed E-state index contributed by atoms with van der Waals surface area (Å²) < 4.78 is 5.26. The monoisotopic (exact) mass is 408 g/mol. The van der Waals surface area contributed by atoms with E-state index >= 15 is 0 Å². The van der Waals surface area contributed by atoms with E-state index in [2.05, 4.69) is 56.1 Å². The summed E-state index contributed by atoms with van der Waals surface area (Å²) >= 11 is 0. The fraction of sp³-hybridized carbons (Fsp3) is 0.500. The van der Waals surface area contributed by atoms with Crippen LogP contribution < -0.4 is 4.74 Å². The third-order valence-corrected chi connectivity index (χ3v) is 7.07. The van der Waals surface area contributed by atoms with Crippen LogP contribution in [0.3, 0.4) is 0 Å². The molecule has 1 amide bonds. The molecule has 3 atom stereocenters. The van der Waals surface area contributed by atoms with Crippen molar-refractivity contribution in [3.05, 3.63) is 65.7 Å². The second-order valence-corrected chi connectivity index (χ2v) is 8.95. The largest absolute Gasteiger partial charge is 0.497 e. The summed E-state index contributed by atoms with van der Waals surface area (Å²) in [5.74, 6) is 1.49. The molecule has 4 nitrogen and oxygen atoms in total. The molecule has 1 fully saturated rings. The van der Waals surface area contributed by atoms with Gasteiger partial charge in [-0.05, 0) is 56.0 Å². The van der Waals surface area contributed by atoms with E-state index in [9.17, 15) is 4.79 Å². The number of hydrogen-bond donors (Lipinski definition) is 0. The lowest BCUT2D eigenvalue weighted by atomic mass is 9.63. The third-order valence-electron chi connectivity index (χ3n) is 7.07. The third kappa shape index (κ3) is 4.86. The maximum Gasteiger partial charge on any atom is 0.219 e. The SMILES string of the molecule is COc1ccc(CN(CC[C@@]2(c3ccccc3)C[C@@H](C)N(C)C[C@@H]2C)C(C)=O)cc1. The lowest BCUT2D eigenvalue weighted by Crippen LogP contribution is -2.52. The standard InChI is InChI=1S/C26H36N2O2/c1-20-18-27(4)21(2)17-26(20,24-9-7-6-8-10-24)15-16-28(22(3)29)19-23-11-13-25(30-5)14-12-23/h6-14,20-21H,15-19H2,1-5H3/t20-,21+,26+/m0/s1. The van der Waals surface area contributed by atoms with Crippen LogP contribution in [0.4, 0.5) is 0 Å². The lowest BCUT2D eigenvalue weighted by molar-refractivity contribution is -0.129. The molecular formula is C26H36N2O2. The second-order valence-electron chi connectivity index (χ2n) is 8.95. The topological polar surface area (TPSA) is 32.8 Å². The first kappa shape index (κ1) is 22.4. The van der Waals surface area contributed by atoms with Gasteiger partial charge >= 0.3 is 0 Å². The molecule has 0 N–H and O–H groups in total. The van der Waals surface area contributed by atoms with E-state index in [1.165, 1.54) is 5.56 Å². The van der Waals surface area contributed by atoms with E-state index in [0.29, 0.717) is 18.5 Å². The highest BCUT2D eigenvalue weighted by Crippen LogP contribution is 2.44. The molecule has 0 bridgehead atoms. The Balaban J connectivity index is 1.81. The summed E-state index contributed by atoms with van der Waals surface area (Å²) in [6.07, 6.45) is 2.09. The first-order chi connectivity index (χ1) is 14.4. The normalized spacial score (nSPS) is 24.4. The molecule has 0 saturated carbocycles. The van der Waals surface area contributed by atoms with Crippen LogP contribution in [0, 0.1) is 5.92 Å². The van der Waals surface area contributed by atoms with Crippen molar-refractivity contribution in [2.75, 3.05) is 27.2 Å². The first-order valence-corrected chi connectivity index (χ1v) is 11.0. The van der Waals surface area contributed by atoms with Gasteiger partial charge < -0.3 is 14.5 Å². The first-order valence-electron chi connectivity index (χ1n) is 11.0. The number of benzene rings is 2. The van der Waals surface area contributed by atoms with Gasteiger partial charge in [-0.25, -0.2) is 0 Å². The summed E-state index contributed by atoms with van der Waals surface area (Å²) in [6, 6.07) is 19.5. The molecule has 0 aromatic heterocycles. The molecule has 1 aliphatic heterocycles. The number of methoxy groups -OCH3 is 1. The smallest absolute Gasteiger partial charge is 0.219 e. The van der Waals surface area contributed by atoms with Gasteiger partial charge in [0, 0.05) is 38.0 Å². The van der Waals surface area contributed by atoms with E-state index < -0.39 is 0 Å². The van der Waals surface area contributed by atoms with Gasteiger partial charge in [0.2, 0.25) is 5.91 Å². The van der Waals surface area contributed by atoms with Gasteiger partial charge in [-0.2, -0.15) is 0 Å². The molecule has 4 heteroatoms. The molecule has 2 aromatic carbocycles. The zero-order chi connectivity index (χ0) is 21.7. The number of amides is 1. The van der Waals surface area contributed by atoms with Crippen LogP contribution in [-0.2, 0) is 16.8 Å². The Labute approximate surface area is 181 Å². The molecule has 0 unspecified atom stereocenters. The molecular weight excluding hydrogens is 372 g/mol. The summed E-state index contributed by atoms with van der Waals surface area (Å²) in [4.78, 5) is 16.9. The van der Waals surface area contributed by atoms with Crippen molar-refractivity contribution in [2.24, 2.45) is 5.92 Å². The van der Waals surface area contributed by atoms with E-state index in [1.54, 1.807) is 14.0 Å². The minimum Gasteiger partial charge on any atom is -0.497 e. The van der Waals surface area contributed by atoms with Gasteiger partial charge in [-0.15, -0.1) is 0 Å². The fourth-order valence-electron chi connectivity index (χ4n) is 4.97. The molecule has 0 radical (unpaired) electrons. The molecule has 0 spiro atoms. The highest BCUT2D eigenvalue weighted by Gasteiger charge is 2.43. The highest BCUT2D eigenvalue weighted by molar-refractivity contribution is 5.73. The molecule has 30 heavy (non-hydrogen) atoms. The Morgan fingerprint density at radius 3 is 2.40 bits per heavy atom. The summed E-state index contributed by atoms with van der Waals surface area (Å²) in [5.41, 5.74) is 2.62. The number of rotatable bonds is 7. The number of likely N-dealkylation sites (tertiary alicyclic amines) is 1. The minimum atomic E-state index is 0.0841. The van der Waals surface area contributed by atoms with Crippen molar-refractivity contribution in [1.29, 1.82) is 0 Å². The predicted octanol–water partition coefficient (Wildman–Crippen LogP) is 4.73. The van der Waals surface area contributed by atoms with Crippen molar-refractivity contribution in [2.45, 2.75) is 51.6 Å². The van der Waals surface area contributed by atoms with Crippen molar-refractivity contribution >= 4 is 5.91 Å². The number of piperidine rings is 1. The Hall–Kier alpha value is -2.33. The van der Waals surface area contributed by atoms with Crippen LogP contribution >= 0.6 is 0 Å². The average Bonchev–Trinajstić information content (AvgIpc) is 2.75. The zero-order valence-corrected chi connectivity index (χ0v) is 19.1. The van der Waals surface area contributed by atoms with Crippen molar-refractivity contribution in [3.8, 4) is 5.75 Å². The lowest BCUT2D eigenvalue weighted by Gasteiger charge is -2.50. The number of ether oxygens (including phenoxy) is 1. The summed E-state index contributed by atoms with van der Waals surface area (Å²) in [7, 11) is 3.89. The Morgan fingerprint density at radius 2 is 1.80 bits per heavy atom. The molecule has 2 aromatic rings. The van der Waals surface area contributed by atoms with Gasteiger partial charge in [0.05, 0.1) is 7.11 Å². The molecule has 1 heterocycles. The number of nitrogens with zero attached hydrogens (tertiary/aromatic N) is 2. The summed E-state index contributed by atoms with van der Waals surface area (Å²) in [6.45, 7) is 8.85. The van der Waals surface area contributed by atoms with Gasteiger partial charge in [0.25, 0.3) is 0 Å². The van der Waals surface area contributed by atoms with Crippen LogP contribution in [0.5, 0.6) is 5.75 Å². The molecule has 0 aliphatic carbocycles. The van der Waals surface area contributed by atoms with E-state index in [1.807, 2.05) is 29.2 Å². The van der Waals surface area contributed by atoms with Crippen molar-refractivity contribution < 1.29 is 9.53 Å². The van der Waals surface area contributed by atoms with E-state index in [-0.39, 0.29) is 11.3 Å². The maximum absolute atomic E-state index is 12.5. The zero-order valence-electron chi connectivity index (χ0n) is 19.1.